The Morgan fingerprint density at radius 3 is 2.62 bits per heavy atom. The third kappa shape index (κ3) is 6.27. The molecule has 8 nitrogen and oxygen atoms in total. The van der Waals surface area contributed by atoms with E-state index in [9.17, 15) is 4.79 Å². The lowest BCUT2D eigenvalue weighted by molar-refractivity contribution is -0.136. The molecule has 2 aliphatic heterocycles. The van der Waals surface area contributed by atoms with Crippen molar-refractivity contribution in [1.29, 1.82) is 0 Å². The molecule has 2 saturated heterocycles. The minimum atomic E-state index is 0. The summed E-state index contributed by atoms with van der Waals surface area (Å²) in [6.45, 7) is 7.42. The second-order valence-corrected chi connectivity index (χ2v) is 8.42. The highest BCUT2D eigenvalue weighted by Crippen LogP contribution is 2.22. The van der Waals surface area contributed by atoms with Crippen LogP contribution in [0.1, 0.15) is 5.56 Å². The Morgan fingerprint density at radius 1 is 1.16 bits per heavy atom. The molecule has 3 heterocycles. The van der Waals surface area contributed by atoms with Crippen molar-refractivity contribution in [1.82, 2.24) is 25.0 Å². The maximum atomic E-state index is 12.5. The molecule has 0 aliphatic carbocycles. The molecule has 32 heavy (non-hydrogen) atoms. The number of carbonyl (C=O) groups is 1. The molecule has 2 N–H and O–H groups in total. The highest BCUT2D eigenvalue weighted by atomic mass is 127. The first-order valence-corrected chi connectivity index (χ1v) is 11.3. The number of hydrogen-bond acceptors (Lipinski definition) is 4. The molecule has 0 saturated carbocycles. The zero-order valence-corrected chi connectivity index (χ0v) is 21.6. The summed E-state index contributed by atoms with van der Waals surface area (Å²) in [5.74, 6) is 1.12. The summed E-state index contributed by atoms with van der Waals surface area (Å²) in [5.41, 5.74) is 2.35. The van der Waals surface area contributed by atoms with Gasteiger partial charge < -0.3 is 24.8 Å². The van der Waals surface area contributed by atoms with Gasteiger partial charge in [-0.2, -0.15) is 0 Å². The van der Waals surface area contributed by atoms with E-state index in [1.54, 1.807) is 0 Å². The van der Waals surface area contributed by atoms with Crippen LogP contribution < -0.4 is 5.32 Å². The number of benzene rings is 1. The zero-order chi connectivity index (χ0) is 21.6. The summed E-state index contributed by atoms with van der Waals surface area (Å²) in [4.78, 5) is 26.6. The number of aromatic amines is 1. The van der Waals surface area contributed by atoms with E-state index in [0.29, 0.717) is 32.8 Å². The largest absolute Gasteiger partial charge is 0.378 e. The molecule has 176 valence electrons. The Morgan fingerprint density at radius 2 is 1.91 bits per heavy atom. The Kier molecular flexibility index (Phi) is 9.45. The molecular formula is C22H32ClIN6O2. The molecule has 1 aromatic heterocycles. The molecule has 2 aromatic rings. The van der Waals surface area contributed by atoms with Crippen LogP contribution in [-0.2, 0) is 16.0 Å². The predicted molar refractivity (Wildman–Crippen MR) is 139 cm³/mol. The van der Waals surface area contributed by atoms with E-state index in [0.717, 1.165) is 55.6 Å². The summed E-state index contributed by atoms with van der Waals surface area (Å²) in [6.07, 6.45) is 2.93. The van der Waals surface area contributed by atoms with Crippen LogP contribution in [0, 0.1) is 0 Å². The molecule has 2 aliphatic rings. The summed E-state index contributed by atoms with van der Waals surface area (Å²) < 4.78 is 5.33. The summed E-state index contributed by atoms with van der Waals surface area (Å²) in [5, 5.41) is 5.41. The summed E-state index contributed by atoms with van der Waals surface area (Å²) in [6, 6.07) is 5.92. The fraction of sp³-hybridized carbons (Fsp3) is 0.545. The number of H-pyrrole nitrogens is 1. The second-order valence-electron chi connectivity index (χ2n) is 7.98. The van der Waals surface area contributed by atoms with Crippen molar-refractivity contribution >= 4 is 58.3 Å². The van der Waals surface area contributed by atoms with Gasteiger partial charge in [-0.15, -0.1) is 24.0 Å². The molecule has 10 heteroatoms. The number of guanidine groups is 1. The molecular weight excluding hydrogens is 543 g/mol. The third-order valence-electron chi connectivity index (χ3n) is 6.01. The topological polar surface area (TPSA) is 76.2 Å². The molecule has 0 atom stereocenters. The molecule has 1 amide bonds. The summed E-state index contributed by atoms with van der Waals surface area (Å²) in [7, 11) is 1.82. The van der Waals surface area contributed by atoms with Crippen molar-refractivity contribution in [2.24, 2.45) is 4.99 Å². The molecule has 0 bridgehead atoms. The normalized spacial score (nSPS) is 18.0. The fourth-order valence-electron chi connectivity index (χ4n) is 4.22. The Hall–Kier alpha value is -1.56. The van der Waals surface area contributed by atoms with Crippen LogP contribution in [0.2, 0.25) is 5.02 Å². The first-order chi connectivity index (χ1) is 15.1. The summed E-state index contributed by atoms with van der Waals surface area (Å²) >= 11 is 6.15. The van der Waals surface area contributed by atoms with Crippen molar-refractivity contribution in [3.8, 4) is 0 Å². The van der Waals surface area contributed by atoms with E-state index in [-0.39, 0.29) is 29.9 Å². The van der Waals surface area contributed by atoms with Crippen LogP contribution in [0.5, 0.6) is 0 Å². The average molecular weight is 575 g/mol. The monoisotopic (exact) mass is 574 g/mol. The van der Waals surface area contributed by atoms with Gasteiger partial charge in [-0.3, -0.25) is 14.7 Å². The number of rotatable bonds is 5. The maximum absolute atomic E-state index is 12.5. The van der Waals surface area contributed by atoms with E-state index in [4.69, 9.17) is 16.3 Å². The molecule has 0 unspecified atom stereocenters. The van der Waals surface area contributed by atoms with Gasteiger partial charge >= 0.3 is 0 Å². The lowest BCUT2D eigenvalue weighted by Crippen LogP contribution is -2.55. The van der Waals surface area contributed by atoms with Gasteiger partial charge in [0.2, 0.25) is 5.91 Å². The van der Waals surface area contributed by atoms with Gasteiger partial charge in [0.05, 0.1) is 19.8 Å². The molecule has 2 fully saturated rings. The first kappa shape index (κ1) is 25.1. The lowest BCUT2D eigenvalue weighted by atomic mass is 10.1. The van der Waals surface area contributed by atoms with Crippen molar-refractivity contribution in [3.63, 3.8) is 0 Å². The number of morpholine rings is 1. The van der Waals surface area contributed by atoms with Gasteiger partial charge in [0.25, 0.3) is 0 Å². The third-order valence-corrected chi connectivity index (χ3v) is 6.25. The Balaban J connectivity index is 0.00000289. The second kappa shape index (κ2) is 12.1. The molecule has 1 aromatic carbocycles. The van der Waals surface area contributed by atoms with Crippen LogP contribution in [-0.4, -0.2) is 104 Å². The van der Waals surface area contributed by atoms with Crippen molar-refractivity contribution in [3.05, 3.63) is 35.0 Å². The van der Waals surface area contributed by atoms with Gasteiger partial charge in [0.1, 0.15) is 0 Å². The number of piperazine rings is 1. The SMILES string of the molecule is CN=C(NCCc1c[nH]c2ccc(Cl)cc12)N1CCN(CC(=O)N2CCOCC2)CC1.I. The van der Waals surface area contributed by atoms with Crippen LogP contribution in [0.3, 0.4) is 0 Å². The standard InChI is InChI=1S/C22H31ClN6O2.HI/c1-24-22(25-5-4-17-15-26-20-3-2-18(23)14-19(17)20)29-8-6-27(7-9-29)16-21(30)28-10-12-31-13-11-28;/h2-3,14-15,26H,4-13,16H2,1H3,(H,24,25);1H. The van der Waals surface area contributed by atoms with Crippen molar-refractivity contribution < 1.29 is 9.53 Å². The number of nitrogens with zero attached hydrogens (tertiary/aromatic N) is 4. The van der Waals surface area contributed by atoms with E-state index in [1.165, 1.54) is 10.9 Å². The number of ether oxygens (including phenoxy) is 1. The van der Waals surface area contributed by atoms with Crippen LogP contribution in [0.25, 0.3) is 10.9 Å². The minimum absolute atomic E-state index is 0. The van der Waals surface area contributed by atoms with E-state index < -0.39 is 0 Å². The number of hydrogen-bond donors (Lipinski definition) is 2. The number of carbonyl (C=O) groups excluding carboxylic acids is 1. The highest BCUT2D eigenvalue weighted by Gasteiger charge is 2.24. The fourth-order valence-corrected chi connectivity index (χ4v) is 4.39. The predicted octanol–water partition coefficient (Wildman–Crippen LogP) is 2.03. The van der Waals surface area contributed by atoms with Crippen LogP contribution >= 0.6 is 35.6 Å². The molecule has 0 radical (unpaired) electrons. The number of nitrogens with one attached hydrogen (secondary N) is 2. The minimum Gasteiger partial charge on any atom is -0.378 e. The average Bonchev–Trinajstić information content (AvgIpc) is 3.20. The highest BCUT2D eigenvalue weighted by molar-refractivity contribution is 14.0. The quantitative estimate of drug-likeness (QED) is 0.325. The Labute approximate surface area is 211 Å². The molecule has 0 spiro atoms. The van der Waals surface area contributed by atoms with E-state index in [1.807, 2.05) is 30.1 Å². The van der Waals surface area contributed by atoms with Gasteiger partial charge in [0, 0.05) is 75.0 Å². The molecule has 4 rings (SSSR count). The van der Waals surface area contributed by atoms with Crippen LogP contribution in [0.15, 0.2) is 29.4 Å². The number of halogens is 2. The van der Waals surface area contributed by atoms with Crippen LogP contribution in [0.4, 0.5) is 0 Å². The van der Waals surface area contributed by atoms with E-state index >= 15 is 0 Å². The van der Waals surface area contributed by atoms with Gasteiger partial charge in [0.15, 0.2) is 5.96 Å². The van der Waals surface area contributed by atoms with Gasteiger partial charge in [-0.05, 0) is 30.2 Å². The Bertz CT molecular complexity index is 922. The lowest BCUT2D eigenvalue weighted by Gasteiger charge is -2.37. The van der Waals surface area contributed by atoms with Gasteiger partial charge in [-0.1, -0.05) is 11.6 Å². The smallest absolute Gasteiger partial charge is 0.236 e. The first-order valence-electron chi connectivity index (χ1n) is 10.9. The number of aliphatic imine (C=N–C) groups is 1. The number of amides is 1. The van der Waals surface area contributed by atoms with Gasteiger partial charge in [-0.25, -0.2) is 0 Å². The number of aromatic nitrogens is 1. The van der Waals surface area contributed by atoms with E-state index in [2.05, 4.69) is 31.3 Å². The number of fused-ring (bicyclic) bond motifs is 1. The van der Waals surface area contributed by atoms with Crippen molar-refractivity contribution in [2.45, 2.75) is 6.42 Å². The van der Waals surface area contributed by atoms with Crippen molar-refractivity contribution in [2.75, 3.05) is 72.6 Å². The zero-order valence-electron chi connectivity index (χ0n) is 18.5. The maximum Gasteiger partial charge on any atom is 0.236 e.